The molecule has 0 N–H and O–H groups in total. The lowest BCUT2D eigenvalue weighted by Crippen LogP contribution is -2.33. The highest BCUT2D eigenvalue weighted by Crippen LogP contribution is 2.50. The first kappa shape index (κ1) is 14.1. The van der Waals surface area contributed by atoms with Gasteiger partial charge in [0.1, 0.15) is 0 Å². The van der Waals surface area contributed by atoms with Crippen LogP contribution in [0.3, 0.4) is 0 Å². The Balaban J connectivity index is 2.51. The first-order valence-corrected chi connectivity index (χ1v) is 7.05. The molecule has 0 radical (unpaired) electrons. The van der Waals surface area contributed by atoms with Gasteiger partial charge >= 0.3 is 6.18 Å². The van der Waals surface area contributed by atoms with Gasteiger partial charge in [0.05, 0.1) is 9.12 Å². The lowest BCUT2D eigenvalue weighted by molar-refractivity contribution is -0.0952. The molecule has 1 heterocycles. The second-order valence-electron chi connectivity index (χ2n) is 4.92. The minimum atomic E-state index is -4.24. The topological polar surface area (TPSA) is 12.4 Å². The second kappa shape index (κ2) is 4.35. The van der Waals surface area contributed by atoms with E-state index in [1.54, 1.807) is 0 Å². The van der Waals surface area contributed by atoms with E-state index >= 15 is 0 Å². The van der Waals surface area contributed by atoms with Gasteiger partial charge in [-0.25, -0.2) is 0 Å². The van der Waals surface area contributed by atoms with Crippen LogP contribution in [0.4, 0.5) is 13.2 Å². The minimum Gasteiger partial charge on any atom is -0.256 e. The quantitative estimate of drug-likeness (QED) is 0.464. The predicted octanol–water partition coefficient (Wildman–Crippen LogP) is 4.83. The van der Waals surface area contributed by atoms with E-state index < -0.39 is 11.7 Å². The van der Waals surface area contributed by atoms with Crippen molar-refractivity contribution in [3.8, 4) is 0 Å². The van der Waals surface area contributed by atoms with Gasteiger partial charge in [-0.3, -0.25) is 4.99 Å². The Hall–Kier alpha value is -0.330. The molecule has 5 heteroatoms. The Morgan fingerprint density at radius 3 is 2.61 bits per heavy atom. The van der Waals surface area contributed by atoms with Crippen LogP contribution in [-0.2, 0) is 0 Å². The zero-order chi connectivity index (χ0) is 13.7. The van der Waals surface area contributed by atoms with Crippen molar-refractivity contribution in [3.05, 3.63) is 22.9 Å². The van der Waals surface area contributed by atoms with Crippen molar-refractivity contribution < 1.29 is 13.2 Å². The molecule has 1 aliphatic heterocycles. The fraction of sp³-hybridized carbons (Fsp3) is 0.615. The lowest BCUT2D eigenvalue weighted by atomic mass is 9.79. The maximum atomic E-state index is 12.8. The van der Waals surface area contributed by atoms with Crippen molar-refractivity contribution in [1.82, 2.24) is 0 Å². The van der Waals surface area contributed by atoms with E-state index in [9.17, 15) is 13.2 Å². The van der Waals surface area contributed by atoms with Gasteiger partial charge in [0.25, 0.3) is 0 Å². The van der Waals surface area contributed by atoms with Crippen LogP contribution in [-0.4, -0.2) is 15.3 Å². The van der Waals surface area contributed by atoms with Crippen LogP contribution in [0.15, 0.2) is 27.9 Å². The Kier molecular flexibility index (Phi) is 3.41. The molecule has 18 heavy (non-hydrogen) atoms. The highest BCUT2D eigenvalue weighted by Gasteiger charge is 2.46. The zero-order valence-corrected chi connectivity index (χ0v) is 12.7. The Morgan fingerprint density at radius 1 is 1.50 bits per heavy atom. The van der Waals surface area contributed by atoms with Gasteiger partial charge in [-0.2, -0.15) is 13.2 Å². The Bertz CT molecular complexity index is 473. The first-order chi connectivity index (χ1) is 8.20. The third kappa shape index (κ3) is 2.04. The van der Waals surface area contributed by atoms with Crippen LogP contribution in [0.2, 0.25) is 0 Å². The van der Waals surface area contributed by atoms with E-state index in [-0.39, 0.29) is 15.8 Å². The molecule has 0 aromatic carbocycles. The van der Waals surface area contributed by atoms with Crippen LogP contribution in [0.25, 0.3) is 0 Å². The zero-order valence-electron chi connectivity index (χ0n) is 10.5. The Labute approximate surface area is 118 Å². The van der Waals surface area contributed by atoms with Crippen molar-refractivity contribution in [2.24, 2.45) is 10.9 Å². The van der Waals surface area contributed by atoms with Gasteiger partial charge in [-0.05, 0) is 37.3 Å². The summed E-state index contributed by atoms with van der Waals surface area (Å²) in [4.78, 5) is 4.36. The second-order valence-corrected chi connectivity index (χ2v) is 6.76. The maximum Gasteiger partial charge on any atom is 0.412 e. The van der Waals surface area contributed by atoms with Crippen molar-refractivity contribution in [3.63, 3.8) is 0 Å². The molecule has 2 aliphatic rings. The normalized spacial score (nSPS) is 32.3. The molecule has 0 amide bonds. The number of alkyl halides is 4. The summed E-state index contributed by atoms with van der Waals surface area (Å²) in [5, 5.41) is 0. The molecule has 2 rings (SSSR count). The monoisotopic (exact) mass is 369 g/mol. The standard InChI is InChI=1S/C13H15F3IN/c1-4-12(17)8(3)18-10-6-9(13(14,15)16)5-7(2)11(10)12/h6-7H,4-5H2,1-3H3/t7?,12-/m1/s1. The molecule has 0 saturated heterocycles. The number of aliphatic imine (C=N–C) groups is 1. The molecular weight excluding hydrogens is 354 g/mol. The van der Waals surface area contributed by atoms with Gasteiger partial charge in [0.15, 0.2) is 0 Å². The highest BCUT2D eigenvalue weighted by atomic mass is 127. The highest BCUT2D eigenvalue weighted by molar-refractivity contribution is 14.1. The molecule has 0 saturated carbocycles. The van der Waals surface area contributed by atoms with Crippen LogP contribution in [0.5, 0.6) is 0 Å². The third-order valence-corrected chi connectivity index (χ3v) is 5.87. The fourth-order valence-electron chi connectivity index (χ4n) is 2.78. The third-order valence-electron chi connectivity index (χ3n) is 3.75. The molecule has 0 spiro atoms. The van der Waals surface area contributed by atoms with Gasteiger partial charge in [0, 0.05) is 11.3 Å². The average molecular weight is 369 g/mol. The van der Waals surface area contributed by atoms with Crippen molar-refractivity contribution in [2.45, 2.75) is 43.2 Å². The van der Waals surface area contributed by atoms with Crippen LogP contribution < -0.4 is 0 Å². The van der Waals surface area contributed by atoms with Gasteiger partial charge in [0.2, 0.25) is 0 Å². The van der Waals surface area contributed by atoms with Gasteiger partial charge in [-0.1, -0.05) is 36.4 Å². The lowest BCUT2D eigenvalue weighted by Gasteiger charge is -2.32. The smallest absolute Gasteiger partial charge is 0.256 e. The van der Waals surface area contributed by atoms with Crippen molar-refractivity contribution >= 4 is 28.3 Å². The summed E-state index contributed by atoms with van der Waals surface area (Å²) in [5.74, 6) is -0.0975. The number of nitrogens with zero attached hydrogens (tertiary/aromatic N) is 1. The van der Waals surface area contributed by atoms with Crippen molar-refractivity contribution in [1.29, 1.82) is 0 Å². The molecule has 0 aromatic heterocycles. The SMILES string of the molecule is CC[C@@]1(I)C(C)=NC2=C1C(C)CC(C(F)(F)F)=C2. The van der Waals surface area contributed by atoms with E-state index in [2.05, 4.69) is 34.5 Å². The van der Waals surface area contributed by atoms with Crippen molar-refractivity contribution in [2.75, 3.05) is 0 Å². The molecule has 0 bridgehead atoms. The molecule has 100 valence electrons. The van der Waals surface area contributed by atoms with E-state index in [0.29, 0.717) is 5.70 Å². The molecule has 1 unspecified atom stereocenters. The first-order valence-electron chi connectivity index (χ1n) is 5.97. The van der Waals surface area contributed by atoms with Crippen LogP contribution in [0.1, 0.15) is 33.6 Å². The van der Waals surface area contributed by atoms with Gasteiger partial charge < -0.3 is 0 Å². The van der Waals surface area contributed by atoms with Gasteiger partial charge in [-0.15, -0.1) is 0 Å². The number of rotatable bonds is 1. The number of hydrogen-bond donors (Lipinski definition) is 0. The van der Waals surface area contributed by atoms with E-state index in [4.69, 9.17) is 0 Å². The molecule has 0 fully saturated rings. The van der Waals surface area contributed by atoms with E-state index in [1.165, 1.54) is 6.08 Å². The summed E-state index contributed by atoms with van der Waals surface area (Å²) in [6.07, 6.45) is -2.08. The van der Waals surface area contributed by atoms with Crippen LogP contribution >= 0.6 is 22.6 Å². The number of halogens is 4. The number of allylic oxidation sites excluding steroid dienone is 3. The summed E-state index contributed by atoms with van der Waals surface area (Å²) in [5.41, 5.74) is 2.06. The summed E-state index contributed by atoms with van der Waals surface area (Å²) >= 11 is 2.33. The molecule has 1 aliphatic carbocycles. The largest absolute Gasteiger partial charge is 0.412 e. The average Bonchev–Trinajstić information content (AvgIpc) is 2.51. The minimum absolute atomic E-state index is 0.0654. The predicted molar refractivity (Wildman–Crippen MR) is 75.1 cm³/mol. The van der Waals surface area contributed by atoms with E-state index in [0.717, 1.165) is 17.7 Å². The summed E-state index contributed by atoms with van der Waals surface area (Å²) in [6, 6.07) is 0. The summed E-state index contributed by atoms with van der Waals surface area (Å²) in [7, 11) is 0. The summed E-state index contributed by atoms with van der Waals surface area (Å²) < 4.78 is 38.2. The Morgan fingerprint density at radius 2 is 2.11 bits per heavy atom. The van der Waals surface area contributed by atoms with E-state index in [1.807, 2.05) is 13.8 Å². The molecule has 0 aromatic rings. The molecular formula is C13H15F3IN. The van der Waals surface area contributed by atoms with Crippen LogP contribution in [0, 0.1) is 5.92 Å². The fourth-order valence-corrected chi connectivity index (χ4v) is 3.71. The maximum absolute atomic E-state index is 12.8. The summed E-state index contributed by atoms with van der Waals surface area (Å²) in [6.45, 7) is 5.82. The molecule has 2 atom stereocenters. The number of hydrogen-bond acceptors (Lipinski definition) is 1. The molecule has 1 nitrogen and oxygen atoms in total.